The van der Waals surface area contributed by atoms with E-state index in [1.54, 1.807) is 0 Å². The highest BCUT2D eigenvalue weighted by Crippen LogP contribution is 2.23. The fourth-order valence-electron chi connectivity index (χ4n) is 0.860. The summed E-state index contributed by atoms with van der Waals surface area (Å²) in [6, 6.07) is 1.38. The van der Waals surface area contributed by atoms with Crippen molar-refractivity contribution in [1.82, 2.24) is 4.98 Å². The van der Waals surface area contributed by atoms with Crippen molar-refractivity contribution in [2.45, 2.75) is 0 Å². The van der Waals surface area contributed by atoms with Crippen LogP contribution in [0.1, 0.15) is 0 Å². The van der Waals surface area contributed by atoms with Crippen LogP contribution in [0.5, 0.6) is 0 Å². The van der Waals surface area contributed by atoms with Gasteiger partial charge in [0, 0.05) is 10.7 Å². The molecule has 88 valence electrons. The van der Waals surface area contributed by atoms with Gasteiger partial charge in [-0.25, -0.2) is 13.4 Å². The van der Waals surface area contributed by atoms with Crippen LogP contribution < -0.4 is 4.72 Å². The van der Waals surface area contributed by atoms with Gasteiger partial charge in [0.2, 0.25) is 10.0 Å². The predicted octanol–water partition coefficient (Wildman–Crippen LogP) is 1.32. The first kappa shape index (κ1) is 13.2. The maximum atomic E-state index is 11.3. The van der Waals surface area contributed by atoms with Crippen LogP contribution in [0.15, 0.2) is 16.7 Å². The normalized spacial score (nSPS) is 11.1. The molecule has 0 saturated carbocycles. The van der Waals surface area contributed by atoms with Crippen LogP contribution in [0.25, 0.3) is 0 Å². The first-order valence-electron chi connectivity index (χ1n) is 3.83. The second-order valence-electron chi connectivity index (χ2n) is 2.75. The summed E-state index contributed by atoms with van der Waals surface area (Å²) in [6.07, 6.45) is 1.39. The Morgan fingerprint density at radius 2 is 2.25 bits per heavy atom. The first-order valence-corrected chi connectivity index (χ1v) is 6.66. The lowest BCUT2D eigenvalue weighted by Gasteiger charge is -2.07. The van der Waals surface area contributed by atoms with Crippen molar-refractivity contribution >= 4 is 49.2 Å². The maximum absolute atomic E-state index is 11.3. The highest BCUT2D eigenvalue weighted by Gasteiger charge is 2.17. The molecule has 0 bridgehead atoms. The van der Waals surface area contributed by atoms with Gasteiger partial charge in [0.25, 0.3) is 0 Å². The van der Waals surface area contributed by atoms with E-state index in [0.717, 1.165) is 0 Å². The monoisotopic (exact) mass is 328 g/mol. The summed E-state index contributed by atoms with van der Waals surface area (Å²) >= 11 is 8.71. The summed E-state index contributed by atoms with van der Waals surface area (Å²) in [7, 11) is -3.97. The number of pyridine rings is 1. The van der Waals surface area contributed by atoms with Crippen molar-refractivity contribution < 1.29 is 18.3 Å². The topological polar surface area (TPSA) is 96.4 Å². The van der Waals surface area contributed by atoms with Gasteiger partial charge in [-0.1, -0.05) is 11.6 Å². The molecular formula is C7H6BrClN2O4S. The number of carboxylic acid groups (broad SMARTS) is 1. The van der Waals surface area contributed by atoms with Crippen LogP contribution in [-0.2, 0) is 14.8 Å². The third-order valence-electron chi connectivity index (χ3n) is 1.38. The molecule has 0 unspecified atom stereocenters. The van der Waals surface area contributed by atoms with Gasteiger partial charge in [0.1, 0.15) is 0 Å². The summed E-state index contributed by atoms with van der Waals surface area (Å²) in [5.74, 6) is -2.48. The number of hydrogen-bond acceptors (Lipinski definition) is 4. The molecule has 0 spiro atoms. The lowest BCUT2D eigenvalue weighted by molar-refractivity contribution is -0.134. The molecule has 0 aliphatic carbocycles. The molecule has 0 aliphatic rings. The predicted molar refractivity (Wildman–Crippen MR) is 62.0 cm³/mol. The van der Waals surface area contributed by atoms with E-state index < -0.39 is 21.7 Å². The van der Waals surface area contributed by atoms with Crippen LogP contribution in [-0.4, -0.2) is 30.2 Å². The number of halogens is 2. The summed E-state index contributed by atoms with van der Waals surface area (Å²) in [4.78, 5) is 14.0. The smallest absolute Gasteiger partial charge is 0.320 e. The fourth-order valence-corrected chi connectivity index (χ4v) is 2.29. The van der Waals surface area contributed by atoms with Crippen molar-refractivity contribution in [2.24, 2.45) is 0 Å². The zero-order chi connectivity index (χ0) is 12.3. The van der Waals surface area contributed by atoms with Crippen LogP contribution in [0.2, 0.25) is 5.15 Å². The van der Waals surface area contributed by atoms with Crippen LogP contribution in [0.4, 0.5) is 5.69 Å². The Labute approximate surface area is 105 Å². The molecule has 2 N–H and O–H groups in total. The van der Waals surface area contributed by atoms with E-state index in [1.165, 1.54) is 12.3 Å². The Morgan fingerprint density at radius 1 is 1.62 bits per heavy atom. The number of sulfonamides is 1. The molecule has 6 nitrogen and oxygen atoms in total. The van der Waals surface area contributed by atoms with Crippen LogP contribution in [0.3, 0.4) is 0 Å². The molecule has 0 aliphatic heterocycles. The number of carboxylic acids is 1. The second-order valence-corrected chi connectivity index (χ2v) is 5.74. The van der Waals surface area contributed by atoms with E-state index >= 15 is 0 Å². The van der Waals surface area contributed by atoms with Gasteiger partial charge < -0.3 is 5.11 Å². The minimum Gasteiger partial charge on any atom is -0.480 e. The maximum Gasteiger partial charge on any atom is 0.320 e. The highest BCUT2D eigenvalue weighted by atomic mass is 79.9. The summed E-state index contributed by atoms with van der Waals surface area (Å²) in [5.41, 5.74) is 0.0253. The third kappa shape index (κ3) is 3.95. The average molecular weight is 330 g/mol. The number of aliphatic carboxylic acids is 1. The zero-order valence-electron chi connectivity index (χ0n) is 7.65. The van der Waals surface area contributed by atoms with E-state index in [1.807, 2.05) is 4.72 Å². The molecule has 1 rings (SSSR count). The number of rotatable bonds is 4. The van der Waals surface area contributed by atoms with Gasteiger partial charge in [-0.2, -0.15) is 0 Å². The molecule has 0 radical (unpaired) electrons. The lowest BCUT2D eigenvalue weighted by Crippen LogP contribution is -2.22. The van der Waals surface area contributed by atoms with E-state index in [9.17, 15) is 13.2 Å². The number of nitrogens with zero attached hydrogens (tertiary/aromatic N) is 1. The van der Waals surface area contributed by atoms with Gasteiger partial charge in [0.15, 0.2) is 10.9 Å². The van der Waals surface area contributed by atoms with E-state index in [4.69, 9.17) is 16.7 Å². The van der Waals surface area contributed by atoms with Crippen molar-refractivity contribution in [1.29, 1.82) is 0 Å². The number of nitrogens with one attached hydrogen (secondary N) is 1. The number of carbonyl (C=O) groups is 1. The molecular weight excluding hydrogens is 324 g/mol. The number of hydrogen-bond donors (Lipinski definition) is 2. The van der Waals surface area contributed by atoms with E-state index in [-0.39, 0.29) is 10.8 Å². The van der Waals surface area contributed by atoms with Gasteiger partial charge in [-0.3, -0.25) is 9.52 Å². The van der Waals surface area contributed by atoms with Crippen LogP contribution >= 0.6 is 27.5 Å². The Balaban J connectivity index is 2.96. The summed E-state index contributed by atoms with van der Waals surface area (Å²) < 4.78 is 25.1. The number of anilines is 1. The Morgan fingerprint density at radius 3 is 2.81 bits per heavy atom. The second kappa shape index (κ2) is 4.98. The third-order valence-corrected chi connectivity index (χ3v) is 3.28. The molecule has 0 fully saturated rings. The number of aromatic nitrogens is 1. The van der Waals surface area contributed by atoms with E-state index in [2.05, 4.69) is 20.9 Å². The molecule has 1 aromatic rings. The summed E-state index contributed by atoms with van der Waals surface area (Å²) in [5, 5.41) is 8.32. The average Bonchev–Trinajstić information content (AvgIpc) is 2.08. The largest absolute Gasteiger partial charge is 0.480 e. The molecule has 0 atom stereocenters. The Kier molecular flexibility index (Phi) is 4.11. The standard InChI is InChI=1S/C7H6BrClN2O4S/c8-4-1-5(7(9)10-2-4)11-16(14,15)3-6(12)13/h1-2,11H,3H2,(H,12,13). The van der Waals surface area contributed by atoms with Crippen molar-refractivity contribution in [3.63, 3.8) is 0 Å². The molecule has 1 aromatic heterocycles. The van der Waals surface area contributed by atoms with Crippen molar-refractivity contribution in [2.75, 3.05) is 10.5 Å². The summed E-state index contributed by atoms with van der Waals surface area (Å²) in [6.45, 7) is 0. The Hall–Kier alpha value is -0.860. The molecule has 0 saturated heterocycles. The van der Waals surface area contributed by atoms with Gasteiger partial charge in [0.05, 0.1) is 5.69 Å². The van der Waals surface area contributed by atoms with Crippen LogP contribution in [0, 0.1) is 0 Å². The highest BCUT2D eigenvalue weighted by molar-refractivity contribution is 9.10. The first-order chi connectivity index (χ1) is 7.30. The Bertz CT molecular complexity index is 519. The van der Waals surface area contributed by atoms with Gasteiger partial charge >= 0.3 is 5.97 Å². The molecule has 0 amide bonds. The minimum absolute atomic E-state index is 0.0253. The molecule has 16 heavy (non-hydrogen) atoms. The van der Waals surface area contributed by atoms with Crippen molar-refractivity contribution in [3.8, 4) is 0 Å². The fraction of sp³-hybridized carbons (Fsp3) is 0.143. The van der Waals surface area contributed by atoms with E-state index in [0.29, 0.717) is 4.47 Å². The SMILES string of the molecule is O=C(O)CS(=O)(=O)Nc1cc(Br)cnc1Cl. The lowest BCUT2D eigenvalue weighted by atomic mass is 10.4. The molecule has 1 heterocycles. The van der Waals surface area contributed by atoms with Crippen molar-refractivity contribution in [3.05, 3.63) is 21.9 Å². The molecule has 9 heteroatoms. The minimum atomic E-state index is -3.97. The van der Waals surface area contributed by atoms with Gasteiger partial charge in [-0.15, -0.1) is 0 Å². The van der Waals surface area contributed by atoms with Gasteiger partial charge in [-0.05, 0) is 22.0 Å². The molecule has 0 aromatic carbocycles. The zero-order valence-corrected chi connectivity index (χ0v) is 10.8. The quantitative estimate of drug-likeness (QED) is 0.812.